The average molecular weight is 278 g/mol. The summed E-state index contributed by atoms with van der Waals surface area (Å²) in [6.45, 7) is 6.92. The number of amides is 1. The number of benzene rings is 1. The van der Waals surface area contributed by atoms with Crippen LogP contribution in [-0.4, -0.2) is 41.9 Å². The number of carbonyl (C=O) groups is 1. The Morgan fingerprint density at radius 1 is 1.30 bits per heavy atom. The van der Waals surface area contributed by atoms with E-state index in [0.29, 0.717) is 6.54 Å². The summed E-state index contributed by atoms with van der Waals surface area (Å²) in [5.41, 5.74) is 1.11. The molecule has 1 fully saturated rings. The molecule has 1 saturated heterocycles. The Morgan fingerprint density at radius 2 is 1.95 bits per heavy atom. The van der Waals surface area contributed by atoms with Crippen molar-refractivity contribution in [1.29, 1.82) is 0 Å². The molecule has 1 aliphatic rings. The zero-order valence-corrected chi connectivity index (χ0v) is 12.3. The molecule has 0 aliphatic carbocycles. The van der Waals surface area contributed by atoms with Gasteiger partial charge in [0.05, 0.1) is 6.54 Å². The molecule has 1 heterocycles. The Hall–Kier alpha value is -1.42. The van der Waals surface area contributed by atoms with E-state index >= 15 is 0 Å². The summed E-state index contributed by atoms with van der Waals surface area (Å²) in [5.74, 6) is -0.0264. The molecule has 4 heteroatoms. The first kappa shape index (κ1) is 15.0. The normalized spacial score (nSPS) is 19.2. The van der Waals surface area contributed by atoms with Crippen molar-refractivity contribution in [1.82, 2.24) is 9.80 Å². The third-order valence-electron chi connectivity index (χ3n) is 4.07. The van der Waals surface area contributed by atoms with Crippen LogP contribution < -0.4 is 0 Å². The highest BCUT2D eigenvalue weighted by molar-refractivity contribution is 5.78. The predicted molar refractivity (Wildman–Crippen MR) is 77.9 cm³/mol. The largest absolute Gasteiger partial charge is 0.342 e. The summed E-state index contributed by atoms with van der Waals surface area (Å²) in [6.07, 6.45) is 2.13. The lowest BCUT2D eigenvalue weighted by atomic mass is 10.0. The number of halogens is 1. The minimum Gasteiger partial charge on any atom is -0.342 e. The van der Waals surface area contributed by atoms with Crippen molar-refractivity contribution in [2.75, 3.05) is 26.2 Å². The number of hydrogen-bond acceptors (Lipinski definition) is 2. The molecule has 1 aromatic carbocycles. The Balaban J connectivity index is 2.04. The second-order valence-corrected chi connectivity index (χ2v) is 5.25. The monoisotopic (exact) mass is 278 g/mol. The smallest absolute Gasteiger partial charge is 0.236 e. The first-order chi connectivity index (χ1) is 9.65. The third kappa shape index (κ3) is 3.37. The maximum absolute atomic E-state index is 13.0. The van der Waals surface area contributed by atoms with Crippen molar-refractivity contribution in [3.05, 3.63) is 35.6 Å². The number of hydrogen-bond donors (Lipinski definition) is 0. The van der Waals surface area contributed by atoms with Crippen LogP contribution in [0.15, 0.2) is 24.3 Å². The van der Waals surface area contributed by atoms with Gasteiger partial charge in [-0.3, -0.25) is 9.69 Å². The molecule has 1 atom stereocenters. The molecule has 0 bridgehead atoms. The number of rotatable bonds is 5. The first-order valence-electron chi connectivity index (χ1n) is 7.43. The average Bonchev–Trinajstić information content (AvgIpc) is 2.89. The van der Waals surface area contributed by atoms with E-state index in [1.807, 2.05) is 30.9 Å². The van der Waals surface area contributed by atoms with E-state index in [1.54, 1.807) is 0 Å². The molecule has 0 spiro atoms. The van der Waals surface area contributed by atoms with E-state index in [2.05, 4.69) is 4.90 Å². The molecule has 0 N–H and O–H groups in total. The summed E-state index contributed by atoms with van der Waals surface area (Å²) in [5, 5.41) is 0. The van der Waals surface area contributed by atoms with Crippen LogP contribution in [-0.2, 0) is 4.79 Å². The highest BCUT2D eigenvalue weighted by atomic mass is 19.1. The van der Waals surface area contributed by atoms with Gasteiger partial charge in [-0.2, -0.15) is 0 Å². The fourth-order valence-electron chi connectivity index (χ4n) is 2.93. The van der Waals surface area contributed by atoms with Crippen LogP contribution in [0.5, 0.6) is 0 Å². The van der Waals surface area contributed by atoms with Gasteiger partial charge in [-0.25, -0.2) is 4.39 Å². The first-order valence-corrected chi connectivity index (χ1v) is 7.43. The van der Waals surface area contributed by atoms with Gasteiger partial charge in [-0.15, -0.1) is 0 Å². The van der Waals surface area contributed by atoms with Gasteiger partial charge in [0.2, 0.25) is 5.91 Å². The van der Waals surface area contributed by atoms with Crippen molar-refractivity contribution in [3.63, 3.8) is 0 Å². The van der Waals surface area contributed by atoms with E-state index in [4.69, 9.17) is 0 Å². The summed E-state index contributed by atoms with van der Waals surface area (Å²) in [6, 6.07) is 6.91. The molecular formula is C16H23FN2O. The standard InChI is InChI=1S/C16H23FN2O/c1-3-18(4-2)16(20)12-19-11-5-6-15(19)13-7-9-14(17)10-8-13/h7-10,15H,3-6,11-12H2,1-2H3. The van der Waals surface area contributed by atoms with Crippen molar-refractivity contribution in [3.8, 4) is 0 Å². The van der Waals surface area contributed by atoms with E-state index in [-0.39, 0.29) is 17.8 Å². The number of carbonyl (C=O) groups excluding carboxylic acids is 1. The number of likely N-dealkylation sites (N-methyl/N-ethyl adjacent to an activating group) is 1. The van der Waals surface area contributed by atoms with Crippen LogP contribution in [0.25, 0.3) is 0 Å². The Bertz CT molecular complexity index is 442. The van der Waals surface area contributed by atoms with Crippen LogP contribution in [0.1, 0.15) is 38.3 Å². The van der Waals surface area contributed by atoms with E-state index in [1.165, 1.54) is 12.1 Å². The highest BCUT2D eigenvalue weighted by Gasteiger charge is 2.28. The topological polar surface area (TPSA) is 23.6 Å². The second kappa shape index (κ2) is 6.84. The Morgan fingerprint density at radius 3 is 2.55 bits per heavy atom. The van der Waals surface area contributed by atoms with Gasteiger partial charge in [-0.1, -0.05) is 12.1 Å². The highest BCUT2D eigenvalue weighted by Crippen LogP contribution is 2.31. The van der Waals surface area contributed by atoms with Crippen LogP contribution in [0.2, 0.25) is 0 Å². The summed E-state index contributed by atoms with van der Waals surface area (Å²) in [7, 11) is 0. The van der Waals surface area contributed by atoms with Crippen molar-refractivity contribution in [2.45, 2.75) is 32.7 Å². The summed E-state index contributed by atoms with van der Waals surface area (Å²) >= 11 is 0. The number of likely N-dealkylation sites (tertiary alicyclic amines) is 1. The van der Waals surface area contributed by atoms with Gasteiger partial charge < -0.3 is 4.90 Å². The fourth-order valence-corrected chi connectivity index (χ4v) is 2.93. The van der Waals surface area contributed by atoms with Crippen molar-refractivity contribution >= 4 is 5.91 Å². The van der Waals surface area contributed by atoms with Gasteiger partial charge in [0.25, 0.3) is 0 Å². The van der Waals surface area contributed by atoms with E-state index in [0.717, 1.165) is 38.0 Å². The Labute approximate surface area is 120 Å². The Kier molecular flexibility index (Phi) is 5.12. The molecule has 110 valence electrons. The molecule has 3 nitrogen and oxygen atoms in total. The van der Waals surface area contributed by atoms with E-state index in [9.17, 15) is 9.18 Å². The molecule has 20 heavy (non-hydrogen) atoms. The summed E-state index contributed by atoms with van der Waals surface area (Å²) in [4.78, 5) is 16.3. The summed E-state index contributed by atoms with van der Waals surface area (Å²) < 4.78 is 13.0. The maximum Gasteiger partial charge on any atom is 0.236 e. The van der Waals surface area contributed by atoms with Gasteiger partial charge in [0.15, 0.2) is 0 Å². The zero-order chi connectivity index (χ0) is 14.5. The van der Waals surface area contributed by atoms with Gasteiger partial charge in [0.1, 0.15) is 5.82 Å². The van der Waals surface area contributed by atoms with Gasteiger partial charge in [-0.05, 0) is 50.9 Å². The molecule has 0 saturated carbocycles. The minimum atomic E-state index is -0.211. The third-order valence-corrected chi connectivity index (χ3v) is 4.07. The molecule has 2 rings (SSSR count). The van der Waals surface area contributed by atoms with Crippen LogP contribution in [0.4, 0.5) is 4.39 Å². The fraction of sp³-hybridized carbons (Fsp3) is 0.562. The maximum atomic E-state index is 13.0. The molecule has 1 unspecified atom stereocenters. The SMILES string of the molecule is CCN(CC)C(=O)CN1CCCC1c1ccc(F)cc1. The molecular weight excluding hydrogens is 255 g/mol. The second-order valence-electron chi connectivity index (χ2n) is 5.25. The van der Waals surface area contributed by atoms with Gasteiger partial charge in [0, 0.05) is 19.1 Å². The predicted octanol–water partition coefficient (Wildman–Crippen LogP) is 2.83. The van der Waals surface area contributed by atoms with Gasteiger partial charge >= 0.3 is 0 Å². The molecule has 0 radical (unpaired) electrons. The lowest BCUT2D eigenvalue weighted by Crippen LogP contribution is -2.40. The lowest BCUT2D eigenvalue weighted by Gasteiger charge is -2.27. The zero-order valence-electron chi connectivity index (χ0n) is 12.3. The van der Waals surface area contributed by atoms with E-state index < -0.39 is 0 Å². The van der Waals surface area contributed by atoms with Crippen LogP contribution in [0.3, 0.4) is 0 Å². The quantitative estimate of drug-likeness (QED) is 0.827. The molecule has 1 amide bonds. The van der Waals surface area contributed by atoms with Crippen molar-refractivity contribution in [2.24, 2.45) is 0 Å². The minimum absolute atomic E-state index is 0.184. The number of nitrogens with zero attached hydrogens (tertiary/aromatic N) is 2. The lowest BCUT2D eigenvalue weighted by molar-refractivity contribution is -0.132. The molecule has 0 aromatic heterocycles. The van der Waals surface area contributed by atoms with Crippen LogP contribution in [0, 0.1) is 5.82 Å². The van der Waals surface area contributed by atoms with Crippen LogP contribution >= 0.6 is 0 Å². The van der Waals surface area contributed by atoms with Crippen molar-refractivity contribution < 1.29 is 9.18 Å². The molecule has 1 aromatic rings. The molecule has 1 aliphatic heterocycles.